The molecule has 0 atom stereocenters. The minimum atomic E-state index is -0.686. The van der Waals surface area contributed by atoms with E-state index in [4.69, 9.17) is 10.2 Å². The molecule has 0 aliphatic rings. The van der Waals surface area contributed by atoms with Crippen molar-refractivity contribution in [2.24, 2.45) is 5.73 Å². The summed E-state index contributed by atoms with van der Waals surface area (Å²) in [7, 11) is 0. The normalized spacial score (nSPS) is 11.1. The molecule has 0 fully saturated rings. The number of primary amides is 1. The summed E-state index contributed by atoms with van der Waals surface area (Å²) in [6.45, 7) is 0. The average Bonchev–Trinajstić information content (AvgIpc) is 3.30. The Kier molecular flexibility index (Phi) is 3.58. The predicted molar refractivity (Wildman–Crippen MR) is 108 cm³/mol. The molecule has 0 saturated heterocycles. The number of hydrogen-bond donors (Lipinski definition) is 3. The van der Waals surface area contributed by atoms with E-state index in [9.17, 15) is 4.79 Å². The van der Waals surface area contributed by atoms with Crippen LogP contribution in [0.4, 0.5) is 10.6 Å². The first-order valence-corrected chi connectivity index (χ1v) is 8.69. The molecule has 0 aliphatic heterocycles. The predicted octanol–water partition coefficient (Wildman–Crippen LogP) is 4.53. The summed E-state index contributed by atoms with van der Waals surface area (Å²) in [6.07, 6.45) is 1.61. The van der Waals surface area contributed by atoms with E-state index >= 15 is 0 Å². The third-order valence-corrected chi connectivity index (χ3v) is 4.59. The maximum Gasteiger partial charge on any atom is 0.317 e. The zero-order valence-corrected chi connectivity index (χ0v) is 14.6. The molecule has 4 N–H and O–H groups in total. The summed E-state index contributed by atoms with van der Waals surface area (Å²) in [5.41, 5.74) is 9.30. The van der Waals surface area contributed by atoms with Crippen LogP contribution in [0.15, 0.2) is 71.3 Å². The van der Waals surface area contributed by atoms with Gasteiger partial charge in [-0.3, -0.25) is 10.4 Å². The summed E-state index contributed by atoms with van der Waals surface area (Å²) >= 11 is 0. The number of anilines is 1. The smallest absolute Gasteiger partial charge is 0.317 e. The number of hydrogen-bond acceptors (Lipinski definition) is 4. The highest BCUT2D eigenvalue weighted by Gasteiger charge is 2.22. The van der Waals surface area contributed by atoms with E-state index < -0.39 is 6.03 Å². The number of H-pyrrole nitrogens is 1. The quantitative estimate of drug-likeness (QED) is 0.434. The standard InChI is InChI=1S/C21H15N5O2/c22-21(27)24-19-14-11-23-20-16(17(14)25-26-19)15(12-7-3-1-4-8-12)18(28-20)13-9-5-2-6-10-13/h1-11H,(H4,22,24,25,26,27). The molecule has 2 amide bonds. The number of nitrogens with zero attached hydrogens (tertiary/aromatic N) is 2. The third kappa shape index (κ3) is 2.49. The van der Waals surface area contributed by atoms with Crippen molar-refractivity contribution in [1.29, 1.82) is 0 Å². The number of pyridine rings is 1. The fraction of sp³-hybridized carbons (Fsp3) is 0. The molecule has 5 rings (SSSR count). The highest BCUT2D eigenvalue weighted by atomic mass is 16.3. The van der Waals surface area contributed by atoms with E-state index in [0.29, 0.717) is 16.9 Å². The van der Waals surface area contributed by atoms with Gasteiger partial charge < -0.3 is 10.2 Å². The maximum absolute atomic E-state index is 11.3. The zero-order valence-electron chi connectivity index (χ0n) is 14.6. The van der Waals surface area contributed by atoms with Gasteiger partial charge in [-0.25, -0.2) is 9.78 Å². The number of fused-ring (bicyclic) bond motifs is 3. The van der Waals surface area contributed by atoms with Crippen molar-refractivity contribution in [2.75, 3.05) is 5.32 Å². The second-order valence-electron chi connectivity index (χ2n) is 6.33. The molecular formula is C21H15N5O2. The Balaban J connectivity index is 1.88. The average molecular weight is 369 g/mol. The third-order valence-electron chi connectivity index (χ3n) is 4.59. The highest BCUT2D eigenvalue weighted by Crippen LogP contribution is 2.43. The lowest BCUT2D eigenvalue weighted by Crippen LogP contribution is -2.19. The van der Waals surface area contributed by atoms with Crippen molar-refractivity contribution in [3.05, 3.63) is 66.9 Å². The molecule has 7 nitrogen and oxygen atoms in total. The molecule has 0 spiro atoms. The Bertz CT molecular complexity index is 1310. The van der Waals surface area contributed by atoms with Crippen LogP contribution in [-0.2, 0) is 0 Å². The van der Waals surface area contributed by atoms with Crippen LogP contribution in [0.3, 0.4) is 0 Å². The van der Waals surface area contributed by atoms with E-state index in [-0.39, 0.29) is 0 Å². The fourth-order valence-electron chi connectivity index (χ4n) is 3.42. The van der Waals surface area contributed by atoms with Crippen molar-refractivity contribution in [3.63, 3.8) is 0 Å². The minimum absolute atomic E-state index is 0.332. The number of aromatic nitrogens is 3. The number of carbonyl (C=O) groups excluding carboxylic acids is 1. The molecule has 28 heavy (non-hydrogen) atoms. The summed E-state index contributed by atoms with van der Waals surface area (Å²) in [5, 5.41) is 11.1. The van der Waals surface area contributed by atoms with E-state index in [1.54, 1.807) is 6.20 Å². The first-order valence-electron chi connectivity index (χ1n) is 8.69. The summed E-state index contributed by atoms with van der Waals surface area (Å²) in [5.74, 6) is 1.05. The first-order chi connectivity index (χ1) is 13.7. The maximum atomic E-state index is 11.3. The molecule has 3 aromatic heterocycles. The van der Waals surface area contributed by atoms with Crippen LogP contribution < -0.4 is 11.1 Å². The lowest BCUT2D eigenvalue weighted by Gasteiger charge is -2.04. The minimum Gasteiger partial charge on any atom is -0.437 e. The molecule has 5 aromatic rings. The van der Waals surface area contributed by atoms with Gasteiger partial charge in [0.1, 0.15) is 5.76 Å². The molecule has 0 saturated carbocycles. The SMILES string of the molecule is NC(=O)Nc1n[nH]c2c1cnc1oc(-c3ccccc3)c(-c3ccccc3)c12. The van der Waals surface area contributed by atoms with Gasteiger partial charge in [-0.05, 0) is 5.56 Å². The Hall–Kier alpha value is -4.13. The molecule has 7 heteroatoms. The summed E-state index contributed by atoms with van der Waals surface area (Å²) in [4.78, 5) is 15.7. The molecular weight excluding hydrogens is 354 g/mol. The Morgan fingerprint density at radius 2 is 1.68 bits per heavy atom. The zero-order chi connectivity index (χ0) is 19.1. The fourth-order valence-corrected chi connectivity index (χ4v) is 3.42. The van der Waals surface area contributed by atoms with Gasteiger partial charge in [0.05, 0.1) is 16.3 Å². The van der Waals surface area contributed by atoms with Gasteiger partial charge in [-0.1, -0.05) is 60.7 Å². The van der Waals surface area contributed by atoms with Crippen LogP contribution in [0.25, 0.3) is 44.5 Å². The van der Waals surface area contributed by atoms with Crippen molar-refractivity contribution >= 4 is 33.9 Å². The summed E-state index contributed by atoms with van der Waals surface area (Å²) in [6, 6.07) is 19.2. The van der Waals surface area contributed by atoms with Crippen molar-refractivity contribution < 1.29 is 9.21 Å². The second-order valence-corrected chi connectivity index (χ2v) is 6.33. The van der Waals surface area contributed by atoms with Crippen molar-refractivity contribution in [3.8, 4) is 22.5 Å². The van der Waals surface area contributed by atoms with Gasteiger partial charge in [-0.2, -0.15) is 5.10 Å². The monoisotopic (exact) mass is 369 g/mol. The van der Waals surface area contributed by atoms with E-state index in [0.717, 1.165) is 33.4 Å². The lowest BCUT2D eigenvalue weighted by atomic mass is 9.98. The molecule has 0 bridgehead atoms. The molecule has 0 radical (unpaired) electrons. The van der Waals surface area contributed by atoms with Crippen LogP contribution in [0.2, 0.25) is 0 Å². The number of amides is 2. The van der Waals surface area contributed by atoms with E-state index in [2.05, 4.69) is 20.5 Å². The number of furan rings is 1. The Morgan fingerprint density at radius 1 is 1.00 bits per heavy atom. The largest absolute Gasteiger partial charge is 0.437 e. The van der Waals surface area contributed by atoms with Gasteiger partial charge in [0, 0.05) is 17.3 Å². The van der Waals surface area contributed by atoms with Crippen LogP contribution >= 0.6 is 0 Å². The van der Waals surface area contributed by atoms with Crippen LogP contribution in [-0.4, -0.2) is 21.2 Å². The number of rotatable bonds is 3. The molecule has 0 unspecified atom stereocenters. The number of nitrogens with one attached hydrogen (secondary N) is 2. The van der Waals surface area contributed by atoms with Crippen molar-refractivity contribution in [2.45, 2.75) is 0 Å². The van der Waals surface area contributed by atoms with Gasteiger partial charge in [0.2, 0.25) is 5.71 Å². The number of urea groups is 1. The number of nitrogens with two attached hydrogens (primary N) is 1. The first kappa shape index (κ1) is 16.1. The Labute approximate surface area is 159 Å². The number of aromatic amines is 1. The van der Waals surface area contributed by atoms with Crippen LogP contribution in [0.1, 0.15) is 0 Å². The topological polar surface area (TPSA) is 110 Å². The van der Waals surface area contributed by atoms with Gasteiger partial charge in [-0.15, -0.1) is 0 Å². The summed E-state index contributed by atoms with van der Waals surface area (Å²) < 4.78 is 6.17. The molecule has 2 aromatic carbocycles. The van der Waals surface area contributed by atoms with Crippen LogP contribution in [0.5, 0.6) is 0 Å². The van der Waals surface area contributed by atoms with E-state index in [1.165, 1.54) is 0 Å². The molecule has 136 valence electrons. The second kappa shape index (κ2) is 6.24. The Morgan fingerprint density at radius 3 is 2.36 bits per heavy atom. The van der Waals surface area contributed by atoms with Crippen molar-refractivity contribution in [1.82, 2.24) is 15.2 Å². The van der Waals surface area contributed by atoms with Gasteiger partial charge >= 0.3 is 6.03 Å². The van der Waals surface area contributed by atoms with Gasteiger partial charge in [0.15, 0.2) is 5.82 Å². The highest BCUT2D eigenvalue weighted by molar-refractivity contribution is 6.15. The van der Waals surface area contributed by atoms with Crippen LogP contribution in [0, 0.1) is 0 Å². The molecule has 3 heterocycles. The molecule has 0 aliphatic carbocycles. The van der Waals surface area contributed by atoms with Gasteiger partial charge in [0.25, 0.3) is 0 Å². The number of carbonyl (C=O) groups is 1. The lowest BCUT2D eigenvalue weighted by molar-refractivity contribution is 0.259. The van der Waals surface area contributed by atoms with E-state index in [1.807, 2.05) is 60.7 Å². The number of benzene rings is 2.